The summed E-state index contributed by atoms with van der Waals surface area (Å²) in [5.41, 5.74) is -0.879. The van der Waals surface area contributed by atoms with Gasteiger partial charge >= 0.3 is 0 Å². The predicted molar refractivity (Wildman–Crippen MR) is 47.2 cm³/mol. The minimum absolute atomic E-state index is 0.229. The molecule has 0 bridgehead atoms. The topological polar surface area (TPSA) is 69.9 Å². The fourth-order valence-corrected chi connectivity index (χ4v) is 1.90. The molecule has 0 aromatic rings. The lowest BCUT2D eigenvalue weighted by Crippen LogP contribution is -2.47. The average molecular weight is 190 g/mol. The monoisotopic (exact) mass is 190 g/mol. The zero-order valence-electron chi connectivity index (χ0n) is 7.94. The summed E-state index contributed by atoms with van der Waals surface area (Å²) >= 11 is 0. The number of hydrogen-bond acceptors (Lipinski definition) is 4. The van der Waals surface area contributed by atoms with Gasteiger partial charge in [-0.2, -0.15) is 0 Å². The fraction of sp³-hybridized carbons (Fsp3) is 1.00. The number of hydrogen-bond donors (Lipinski definition) is 3. The summed E-state index contributed by atoms with van der Waals surface area (Å²) in [4.78, 5) is 0. The fourth-order valence-electron chi connectivity index (χ4n) is 1.90. The van der Waals surface area contributed by atoms with Crippen LogP contribution in [0.2, 0.25) is 0 Å². The summed E-state index contributed by atoms with van der Waals surface area (Å²) in [6, 6.07) is 0. The molecule has 0 amide bonds. The molecular weight excluding hydrogens is 172 g/mol. The van der Waals surface area contributed by atoms with Gasteiger partial charge in [0.2, 0.25) is 0 Å². The first-order chi connectivity index (χ1) is 6.20. The summed E-state index contributed by atoms with van der Waals surface area (Å²) in [5, 5.41) is 27.5. The van der Waals surface area contributed by atoms with Gasteiger partial charge in [0.05, 0.1) is 31.3 Å². The van der Waals surface area contributed by atoms with Gasteiger partial charge in [-0.1, -0.05) is 6.92 Å². The predicted octanol–water partition coefficient (Wildman–Crippen LogP) is -0.625. The van der Waals surface area contributed by atoms with E-state index in [0.29, 0.717) is 6.61 Å². The standard InChI is InChI=1S/C9H18O4/c1-7-2-3-13-8(7)9(4-10,5-11)6-12/h7-8,10-12H,2-6H2,1H3. The largest absolute Gasteiger partial charge is 0.396 e. The highest BCUT2D eigenvalue weighted by atomic mass is 16.5. The molecule has 2 atom stereocenters. The van der Waals surface area contributed by atoms with Gasteiger partial charge < -0.3 is 20.1 Å². The van der Waals surface area contributed by atoms with Crippen molar-refractivity contribution in [3.63, 3.8) is 0 Å². The van der Waals surface area contributed by atoms with Crippen LogP contribution in [0.5, 0.6) is 0 Å². The highest BCUT2D eigenvalue weighted by Crippen LogP contribution is 2.34. The van der Waals surface area contributed by atoms with Gasteiger partial charge in [0.1, 0.15) is 0 Å². The van der Waals surface area contributed by atoms with Crippen LogP contribution < -0.4 is 0 Å². The van der Waals surface area contributed by atoms with Gasteiger partial charge in [0.25, 0.3) is 0 Å². The zero-order valence-corrected chi connectivity index (χ0v) is 7.94. The molecule has 13 heavy (non-hydrogen) atoms. The van der Waals surface area contributed by atoms with Crippen molar-refractivity contribution in [3.05, 3.63) is 0 Å². The minimum Gasteiger partial charge on any atom is -0.396 e. The Bertz CT molecular complexity index is 147. The lowest BCUT2D eigenvalue weighted by Gasteiger charge is -2.35. The molecule has 3 N–H and O–H groups in total. The van der Waals surface area contributed by atoms with E-state index in [1.54, 1.807) is 0 Å². The second-order valence-corrected chi connectivity index (χ2v) is 3.89. The molecule has 0 aliphatic carbocycles. The normalized spacial score (nSPS) is 29.5. The number of rotatable bonds is 4. The van der Waals surface area contributed by atoms with E-state index >= 15 is 0 Å². The first-order valence-electron chi connectivity index (χ1n) is 4.64. The molecule has 0 saturated carbocycles. The van der Waals surface area contributed by atoms with Crippen molar-refractivity contribution in [2.45, 2.75) is 19.4 Å². The maximum Gasteiger partial charge on any atom is 0.0723 e. The van der Waals surface area contributed by atoms with Crippen molar-refractivity contribution in [1.29, 1.82) is 0 Å². The zero-order chi connectivity index (χ0) is 9.90. The molecule has 0 spiro atoms. The van der Waals surface area contributed by atoms with E-state index in [1.165, 1.54) is 0 Å². The summed E-state index contributed by atoms with van der Waals surface area (Å²) in [5.74, 6) is 0.284. The Morgan fingerprint density at radius 3 is 2.08 bits per heavy atom. The number of aliphatic hydroxyl groups excluding tert-OH is 3. The van der Waals surface area contributed by atoms with E-state index < -0.39 is 5.41 Å². The molecule has 78 valence electrons. The van der Waals surface area contributed by atoms with Crippen molar-refractivity contribution in [2.24, 2.45) is 11.3 Å². The first-order valence-corrected chi connectivity index (χ1v) is 4.64. The van der Waals surface area contributed by atoms with E-state index in [9.17, 15) is 0 Å². The lowest BCUT2D eigenvalue weighted by molar-refractivity contribution is -0.102. The summed E-state index contributed by atoms with van der Waals surface area (Å²) < 4.78 is 5.42. The van der Waals surface area contributed by atoms with Gasteiger partial charge in [-0.3, -0.25) is 0 Å². The lowest BCUT2D eigenvalue weighted by atomic mass is 9.79. The maximum absolute atomic E-state index is 9.15. The van der Waals surface area contributed by atoms with Crippen LogP contribution in [0.15, 0.2) is 0 Å². The molecule has 0 aromatic heterocycles. The average Bonchev–Trinajstić information content (AvgIpc) is 2.57. The molecule has 1 heterocycles. The molecule has 1 aliphatic rings. The molecule has 1 rings (SSSR count). The van der Waals surface area contributed by atoms with Crippen LogP contribution in [0.25, 0.3) is 0 Å². The SMILES string of the molecule is CC1CCOC1C(CO)(CO)CO. The quantitative estimate of drug-likeness (QED) is 0.552. The molecule has 0 aromatic carbocycles. The summed E-state index contributed by atoms with van der Waals surface area (Å²) in [6.45, 7) is 1.93. The molecule has 2 unspecified atom stereocenters. The van der Waals surface area contributed by atoms with E-state index in [2.05, 4.69) is 0 Å². The van der Waals surface area contributed by atoms with Gasteiger partial charge in [-0.25, -0.2) is 0 Å². The first kappa shape index (κ1) is 10.9. The van der Waals surface area contributed by atoms with Crippen LogP contribution in [-0.2, 0) is 4.74 Å². The summed E-state index contributed by atoms with van der Waals surface area (Å²) in [6.07, 6.45) is 0.694. The smallest absolute Gasteiger partial charge is 0.0723 e. The highest BCUT2D eigenvalue weighted by Gasteiger charge is 2.43. The second kappa shape index (κ2) is 4.37. The van der Waals surface area contributed by atoms with Crippen molar-refractivity contribution >= 4 is 0 Å². The Labute approximate surface area is 78.1 Å². The van der Waals surface area contributed by atoms with Gasteiger partial charge in [-0.15, -0.1) is 0 Å². The van der Waals surface area contributed by atoms with Gasteiger partial charge in [-0.05, 0) is 12.3 Å². The van der Waals surface area contributed by atoms with E-state index in [1.807, 2.05) is 6.92 Å². The molecule has 1 aliphatic heterocycles. The minimum atomic E-state index is -0.879. The molecule has 1 saturated heterocycles. The third kappa shape index (κ3) is 1.86. The van der Waals surface area contributed by atoms with Crippen LogP contribution in [-0.4, -0.2) is 47.9 Å². The van der Waals surface area contributed by atoms with Crippen LogP contribution in [0.3, 0.4) is 0 Å². The number of ether oxygens (including phenoxy) is 1. The molecule has 4 heteroatoms. The van der Waals surface area contributed by atoms with E-state index in [0.717, 1.165) is 6.42 Å². The van der Waals surface area contributed by atoms with Gasteiger partial charge in [0.15, 0.2) is 0 Å². The second-order valence-electron chi connectivity index (χ2n) is 3.89. The molecule has 0 radical (unpaired) electrons. The van der Waals surface area contributed by atoms with Crippen molar-refractivity contribution in [1.82, 2.24) is 0 Å². The van der Waals surface area contributed by atoms with Crippen LogP contribution in [0.1, 0.15) is 13.3 Å². The Kier molecular flexibility index (Phi) is 3.67. The van der Waals surface area contributed by atoms with Crippen molar-refractivity contribution in [2.75, 3.05) is 26.4 Å². The summed E-state index contributed by atoms with van der Waals surface area (Å²) in [7, 11) is 0. The maximum atomic E-state index is 9.15. The highest BCUT2D eigenvalue weighted by molar-refractivity contribution is 4.91. The van der Waals surface area contributed by atoms with E-state index in [-0.39, 0.29) is 31.8 Å². The van der Waals surface area contributed by atoms with E-state index in [4.69, 9.17) is 20.1 Å². The Balaban J connectivity index is 2.73. The number of aliphatic hydroxyl groups is 3. The van der Waals surface area contributed by atoms with Gasteiger partial charge in [0, 0.05) is 6.61 Å². The van der Waals surface area contributed by atoms with Crippen LogP contribution in [0, 0.1) is 11.3 Å². The Morgan fingerprint density at radius 1 is 1.23 bits per heavy atom. The van der Waals surface area contributed by atoms with Crippen molar-refractivity contribution in [3.8, 4) is 0 Å². The Morgan fingerprint density at radius 2 is 1.77 bits per heavy atom. The Hall–Kier alpha value is -0.160. The molecule has 1 fully saturated rings. The van der Waals surface area contributed by atoms with Crippen LogP contribution in [0.4, 0.5) is 0 Å². The molecule has 4 nitrogen and oxygen atoms in total. The van der Waals surface area contributed by atoms with Crippen molar-refractivity contribution < 1.29 is 20.1 Å². The van der Waals surface area contributed by atoms with Crippen LogP contribution >= 0.6 is 0 Å². The third-order valence-corrected chi connectivity index (χ3v) is 2.94. The third-order valence-electron chi connectivity index (χ3n) is 2.94. The molecular formula is C9H18O4.